The van der Waals surface area contributed by atoms with Crippen molar-refractivity contribution in [1.29, 1.82) is 0 Å². The Morgan fingerprint density at radius 3 is 2.76 bits per heavy atom. The van der Waals surface area contributed by atoms with Gasteiger partial charge in [0.05, 0.1) is 17.5 Å². The lowest BCUT2D eigenvalue weighted by atomic mass is 9.99. The van der Waals surface area contributed by atoms with Crippen LogP contribution in [0.1, 0.15) is 17.4 Å². The Kier molecular flexibility index (Phi) is 3.72. The molecule has 0 saturated carbocycles. The number of carbonyl (C=O) groups is 1. The van der Waals surface area contributed by atoms with Crippen LogP contribution >= 0.6 is 0 Å². The number of hydrogen-bond donors (Lipinski definition) is 0. The molecule has 0 spiro atoms. The smallest absolute Gasteiger partial charge is 0.356 e. The lowest BCUT2D eigenvalue weighted by Crippen LogP contribution is -2.07. The number of benzene rings is 2. The molecule has 0 saturated heterocycles. The van der Waals surface area contributed by atoms with Crippen molar-refractivity contribution in [1.82, 2.24) is 4.98 Å². The zero-order valence-electron chi connectivity index (χ0n) is 13.4. The van der Waals surface area contributed by atoms with Crippen molar-refractivity contribution < 1.29 is 23.4 Å². The fraction of sp³-hybridized carbons (Fsp3) is 0.158. The van der Waals surface area contributed by atoms with E-state index in [1.54, 1.807) is 37.3 Å². The largest absolute Gasteiger partial charge is 0.461 e. The van der Waals surface area contributed by atoms with Gasteiger partial charge in [0.1, 0.15) is 11.5 Å². The summed E-state index contributed by atoms with van der Waals surface area (Å²) >= 11 is 0. The molecular formula is C19H14FNO4. The third-order valence-corrected chi connectivity index (χ3v) is 3.95. The molecule has 5 nitrogen and oxygen atoms in total. The number of aromatic nitrogens is 1. The fourth-order valence-corrected chi connectivity index (χ4v) is 2.85. The normalized spacial score (nSPS) is 12.4. The predicted octanol–water partition coefficient (Wildman–Crippen LogP) is 3.95. The van der Waals surface area contributed by atoms with Crippen molar-refractivity contribution >= 4 is 16.9 Å². The molecule has 0 aliphatic carbocycles. The molecule has 3 aromatic rings. The first-order valence-corrected chi connectivity index (χ1v) is 7.84. The number of fused-ring (bicyclic) bond motifs is 3. The van der Waals surface area contributed by atoms with Crippen molar-refractivity contribution in [2.45, 2.75) is 6.92 Å². The van der Waals surface area contributed by atoms with Crippen molar-refractivity contribution in [3.8, 4) is 22.6 Å². The zero-order chi connectivity index (χ0) is 17.4. The van der Waals surface area contributed by atoms with Crippen LogP contribution in [-0.4, -0.2) is 24.4 Å². The molecule has 0 N–H and O–H groups in total. The minimum atomic E-state index is -0.509. The topological polar surface area (TPSA) is 57.7 Å². The first-order valence-electron chi connectivity index (χ1n) is 7.84. The van der Waals surface area contributed by atoms with Crippen LogP contribution in [0, 0.1) is 5.82 Å². The molecule has 4 rings (SSSR count). The van der Waals surface area contributed by atoms with Gasteiger partial charge in [-0.05, 0) is 48.4 Å². The molecular weight excluding hydrogens is 325 g/mol. The maximum atomic E-state index is 13.3. The van der Waals surface area contributed by atoms with E-state index >= 15 is 0 Å². The quantitative estimate of drug-likeness (QED) is 0.676. The molecule has 1 aliphatic rings. The Morgan fingerprint density at radius 1 is 1.20 bits per heavy atom. The summed E-state index contributed by atoms with van der Waals surface area (Å²) in [7, 11) is 0. The average molecular weight is 339 g/mol. The van der Waals surface area contributed by atoms with Gasteiger partial charge in [-0.3, -0.25) is 0 Å². The molecule has 2 heterocycles. The zero-order valence-corrected chi connectivity index (χ0v) is 13.4. The molecule has 0 amide bonds. The Bertz CT molecular complexity index is 969. The van der Waals surface area contributed by atoms with Crippen LogP contribution in [-0.2, 0) is 4.74 Å². The van der Waals surface area contributed by atoms with E-state index in [0.717, 1.165) is 10.9 Å². The molecule has 0 unspecified atom stereocenters. The van der Waals surface area contributed by atoms with Gasteiger partial charge >= 0.3 is 5.97 Å². The second kappa shape index (κ2) is 6.05. The van der Waals surface area contributed by atoms with Gasteiger partial charge in [-0.2, -0.15) is 0 Å². The van der Waals surface area contributed by atoms with Gasteiger partial charge < -0.3 is 14.2 Å². The highest BCUT2D eigenvalue weighted by molar-refractivity contribution is 6.04. The van der Waals surface area contributed by atoms with E-state index < -0.39 is 5.97 Å². The second-order valence-electron chi connectivity index (χ2n) is 5.48. The SMILES string of the molecule is CCOC(=O)c1cc(-c2ccc(F)cc2)c2c3c(ccc2n1)OCO3. The van der Waals surface area contributed by atoms with Crippen LogP contribution in [0.15, 0.2) is 42.5 Å². The van der Waals surface area contributed by atoms with Crippen LogP contribution in [0.3, 0.4) is 0 Å². The van der Waals surface area contributed by atoms with E-state index in [4.69, 9.17) is 14.2 Å². The van der Waals surface area contributed by atoms with Crippen molar-refractivity contribution in [2.75, 3.05) is 13.4 Å². The predicted molar refractivity (Wildman–Crippen MR) is 89.2 cm³/mol. The summed E-state index contributed by atoms with van der Waals surface area (Å²) in [6.45, 7) is 2.11. The van der Waals surface area contributed by atoms with Gasteiger partial charge in [-0.1, -0.05) is 12.1 Å². The summed E-state index contributed by atoms with van der Waals surface area (Å²) in [5.74, 6) is 0.337. The first kappa shape index (κ1) is 15.4. The number of hydrogen-bond acceptors (Lipinski definition) is 5. The Morgan fingerprint density at radius 2 is 2.00 bits per heavy atom. The molecule has 0 atom stereocenters. The Hall–Kier alpha value is -3.15. The lowest BCUT2D eigenvalue weighted by Gasteiger charge is -2.11. The minimum absolute atomic E-state index is 0.122. The Labute approximate surface area is 143 Å². The average Bonchev–Trinajstić information content (AvgIpc) is 3.10. The molecule has 0 bridgehead atoms. The number of halogens is 1. The van der Waals surface area contributed by atoms with E-state index in [-0.39, 0.29) is 24.9 Å². The standard InChI is InChI=1S/C19H14FNO4/c1-2-23-19(22)15-9-13(11-3-5-12(20)6-4-11)17-14(21-15)7-8-16-18(17)25-10-24-16/h3-9H,2,10H2,1H3. The van der Waals surface area contributed by atoms with Crippen molar-refractivity contribution in [2.24, 2.45) is 0 Å². The van der Waals surface area contributed by atoms with E-state index in [0.29, 0.717) is 22.6 Å². The van der Waals surface area contributed by atoms with Crippen LogP contribution in [0.25, 0.3) is 22.0 Å². The van der Waals surface area contributed by atoms with Gasteiger partial charge in [0.25, 0.3) is 0 Å². The van der Waals surface area contributed by atoms with Gasteiger partial charge in [0.2, 0.25) is 6.79 Å². The number of rotatable bonds is 3. The third kappa shape index (κ3) is 2.65. The number of pyridine rings is 1. The molecule has 1 aliphatic heterocycles. The Balaban J connectivity index is 2.00. The summed E-state index contributed by atoms with van der Waals surface area (Å²) in [5.41, 5.74) is 2.21. The highest BCUT2D eigenvalue weighted by Gasteiger charge is 2.23. The monoisotopic (exact) mass is 339 g/mol. The lowest BCUT2D eigenvalue weighted by molar-refractivity contribution is 0.0520. The number of esters is 1. The third-order valence-electron chi connectivity index (χ3n) is 3.95. The minimum Gasteiger partial charge on any atom is -0.461 e. The summed E-state index contributed by atoms with van der Waals surface area (Å²) < 4.78 is 29.4. The maximum Gasteiger partial charge on any atom is 0.356 e. The second-order valence-corrected chi connectivity index (χ2v) is 5.48. The molecule has 6 heteroatoms. The highest BCUT2D eigenvalue weighted by Crippen LogP contribution is 2.43. The summed E-state index contributed by atoms with van der Waals surface area (Å²) in [5, 5.41) is 0.717. The number of nitrogens with zero attached hydrogens (tertiary/aromatic N) is 1. The van der Waals surface area contributed by atoms with Crippen molar-refractivity contribution in [3.05, 3.63) is 54.0 Å². The van der Waals surface area contributed by atoms with Crippen LogP contribution in [0.5, 0.6) is 11.5 Å². The molecule has 2 aromatic carbocycles. The highest BCUT2D eigenvalue weighted by atomic mass is 19.1. The first-order chi connectivity index (χ1) is 12.2. The van der Waals surface area contributed by atoms with Gasteiger partial charge in [-0.25, -0.2) is 14.2 Å². The van der Waals surface area contributed by atoms with Crippen LogP contribution in [0.2, 0.25) is 0 Å². The van der Waals surface area contributed by atoms with E-state index in [1.807, 2.05) is 0 Å². The fourth-order valence-electron chi connectivity index (χ4n) is 2.85. The molecule has 25 heavy (non-hydrogen) atoms. The summed E-state index contributed by atoms with van der Waals surface area (Å²) in [4.78, 5) is 16.5. The van der Waals surface area contributed by atoms with Crippen molar-refractivity contribution in [3.63, 3.8) is 0 Å². The maximum absolute atomic E-state index is 13.3. The number of carbonyl (C=O) groups excluding carboxylic acids is 1. The molecule has 1 aromatic heterocycles. The molecule has 0 fully saturated rings. The van der Waals surface area contributed by atoms with Crippen LogP contribution in [0.4, 0.5) is 4.39 Å². The summed E-state index contributed by atoms with van der Waals surface area (Å²) in [6.07, 6.45) is 0. The molecule has 0 radical (unpaired) electrons. The van der Waals surface area contributed by atoms with Gasteiger partial charge in [0.15, 0.2) is 11.5 Å². The van der Waals surface area contributed by atoms with Gasteiger partial charge in [0, 0.05) is 0 Å². The van der Waals surface area contributed by atoms with Gasteiger partial charge in [-0.15, -0.1) is 0 Å². The van der Waals surface area contributed by atoms with E-state index in [9.17, 15) is 9.18 Å². The van der Waals surface area contributed by atoms with E-state index in [1.165, 1.54) is 12.1 Å². The number of ether oxygens (including phenoxy) is 3. The molecule has 126 valence electrons. The van der Waals surface area contributed by atoms with E-state index in [2.05, 4.69) is 4.98 Å². The summed E-state index contributed by atoms with van der Waals surface area (Å²) in [6, 6.07) is 11.2. The van der Waals surface area contributed by atoms with Crippen LogP contribution < -0.4 is 9.47 Å².